The Labute approximate surface area is 194 Å². The molecule has 0 unspecified atom stereocenters. The van der Waals surface area contributed by atoms with Crippen molar-refractivity contribution < 1.29 is 9.53 Å². The second kappa shape index (κ2) is 8.87. The van der Waals surface area contributed by atoms with Crippen LogP contribution in [-0.4, -0.2) is 22.1 Å². The van der Waals surface area contributed by atoms with E-state index in [0.29, 0.717) is 13.2 Å². The van der Waals surface area contributed by atoms with Crippen LogP contribution in [0.2, 0.25) is 0 Å². The van der Waals surface area contributed by atoms with E-state index in [1.165, 1.54) is 0 Å². The summed E-state index contributed by atoms with van der Waals surface area (Å²) in [6.45, 7) is 5.09. The topological polar surface area (TPSA) is 46.5 Å². The van der Waals surface area contributed by atoms with Gasteiger partial charge in [-0.15, -0.1) is 0 Å². The second-order valence-electron chi connectivity index (χ2n) is 8.21. The molecule has 3 aromatic carbocycles. The zero-order valence-electron chi connectivity index (χ0n) is 18.9. The summed E-state index contributed by atoms with van der Waals surface area (Å²) in [5.41, 5.74) is 6.13. The van der Waals surface area contributed by atoms with E-state index in [1.54, 1.807) is 0 Å². The molecule has 5 heteroatoms. The molecule has 1 N–H and O–H groups in total. The lowest BCUT2D eigenvalue weighted by molar-refractivity contribution is 0.194. The molecule has 0 aliphatic carbocycles. The van der Waals surface area contributed by atoms with Gasteiger partial charge in [-0.2, -0.15) is 0 Å². The largest absolute Gasteiger partial charge is 0.494 e. The molecule has 0 radical (unpaired) electrons. The number of para-hydroxylation sites is 2. The molecule has 2 amide bonds. The number of urea groups is 1. The predicted octanol–water partition coefficient (Wildman–Crippen LogP) is 6.32. The fourth-order valence-electron chi connectivity index (χ4n) is 4.50. The van der Waals surface area contributed by atoms with Gasteiger partial charge < -0.3 is 19.5 Å². The molecule has 0 saturated heterocycles. The molecule has 4 aromatic rings. The van der Waals surface area contributed by atoms with Gasteiger partial charge in [-0.05, 0) is 66.9 Å². The molecule has 2 heterocycles. The molecule has 0 saturated carbocycles. The number of ether oxygens (including phenoxy) is 1. The number of hydrogen-bond donors (Lipinski definition) is 1. The van der Waals surface area contributed by atoms with Gasteiger partial charge >= 0.3 is 6.03 Å². The molecule has 33 heavy (non-hydrogen) atoms. The van der Waals surface area contributed by atoms with Crippen molar-refractivity contribution >= 4 is 11.7 Å². The monoisotopic (exact) mass is 437 g/mol. The van der Waals surface area contributed by atoms with Crippen molar-refractivity contribution in [3.05, 3.63) is 114 Å². The third kappa shape index (κ3) is 3.98. The molecule has 5 nitrogen and oxygen atoms in total. The van der Waals surface area contributed by atoms with Crippen LogP contribution in [0.4, 0.5) is 10.5 Å². The SMILES string of the molecule is CCOc1ccc([C@@H]2c3cccn3-c3ccccc3CN2C(=O)Nc2ccccc2C)cc1. The van der Waals surface area contributed by atoms with Crippen molar-refractivity contribution in [3.8, 4) is 11.4 Å². The molecule has 0 bridgehead atoms. The molecular weight excluding hydrogens is 410 g/mol. The van der Waals surface area contributed by atoms with E-state index >= 15 is 0 Å². The van der Waals surface area contributed by atoms with Crippen LogP contribution in [0, 0.1) is 6.92 Å². The van der Waals surface area contributed by atoms with E-state index in [9.17, 15) is 4.79 Å². The first-order chi connectivity index (χ1) is 16.2. The Morgan fingerprint density at radius 1 is 0.970 bits per heavy atom. The highest BCUT2D eigenvalue weighted by Gasteiger charge is 2.33. The Morgan fingerprint density at radius 2 is 1.73 bits per heavy atom. The van der Waals surface area contributed by atoms with E-state index in [1.807, 2.05) is 73.3 Å². The minimum absolute atomic E-state index is 0.132. The molecule has 0 fully saturated rings. The number of benzene rings is 3. The van der Waals surface area contributed by atoms with Crippen molar-refractivity contribution in [1.29, 1.82) is 0 Å². The minimum Gasteiger partial charge on any atom is -0.494 e. The summed E-state index contributed by atoms with van der Waals surface area (Å²) in [5, 5.41) is 3.15. The summed E-state index contributed by atoms with van der Waals surface area (Å²) in [4.78, 5) is 15.7. The summed E-state index contributed by atoms with van der Waals surface area (Å²) in [7, 11) is 0. The standard InChI is InChI=1S/C28H27N3O2/c1-3-33-23-16-14-21(15-17-23)27-26-13-8-18-30(26)25-12-7-5-10-22(25)19-31(27)28(32)29-24-11-6-4-9-20(24)2/h4-18,27H,3,19H2,1-2H3,(H,29,32)/t27-/m1/s1. The minimum atomic E-state index is -0.257. The van der Waals surface area contributed by atoms with Gasteiger partial charge in [-0.3, -0.25) is 0 Å². The van der Waals surface area contributed by atoms with Crippen LogP contribution in [0.5, 0.6) is 5.75 Å². The summed E-state index contributed by atoms with van der Waals surface area (Å²) < 4.78 is 7.84. The maximum Gasteiger partial charge on any atom is 0.322 e. The van der Waals surface area contributed by atoms with Gasteiger partial charge in [0.1, 0.15) is 5.75 Å². The Kier molecular flexibility index (Phi) is 5.61. The maximum atomic E-state index is 13.7. The van der Waals surface area contributed by atoms with E-state index in [0.717, 1.165) is 39.5 Å². The summed E-state index contributed by atoms with van der Waals surface area (Å²) in [6, 6.07) is 27.9. The number of rotatable bonds is 4. The number of carbonyl (C=O) groups is 1. The van der Waals surface area contributed by atoms with Gasteiger partial charge in [0.15, 0.2) is 0 Å². The summed E-state index contributed by atoms with van der Waals surface area (Å²) >= 11 is 0. The first kappa shape index (κ1) is 20.9. The van der Waals surface area contributed by atoms with E-state index in [-0.39, 0.29) is 12.1 Å². The fourth-order valence-corrected chi connectivity index (χ4v) is 4.50. The lowest BCUT2D eigenvalue weighted by Crippen LogP contribution is -2.38. The van der Waals surface area contributed by atoms with Crippen LogP contribution in [0.15, 0.2) is 91.1 Å². The predicted molar refractivity (Wildman–Crippen MR) is 131 cm³/mol. The molecule has 1 aliphatic rings. The molecule has 0 spiro atoms. The van der Waals surface area contributed by atoms with Crippen LogP contribution in [0.1, 0.15) is 35.3 Å². The van der Waals surface area contributed by atoms with E-state index in [4.69, 9.17) is 4.74 Å². The molecule has 166 valence electrons. The highest BCUT2D eigenvalue weighted by atomic mass is 16.5. The number of anilines is 1. The van der Waals surface area contributed by atoms with Crippen LogP contribution in [-0.2, 0) is 6.54 Å². The fraction of sp³-hybridized carbons (Fsp3) is 0.179. The van der Waals surface area contributed by atoms with E-state index in [2.05, 4.69) is 46.4 Å². The molecule has 1 aliphatic heterocycles. The smallest absolute Gasteiger partial charge is 0.322 e. The lowest BCUT2D eigenvalue weighted by Gasteiger charge is -2.31. The van der Waals surface area contributed by atoms with Crippen molar-refractivity contribution in [2.75, 3.05) is 11.9 Å². The number of aryl methyl sites for hydroxylation is 1. The molecular formula is C28H27N3O2. The first-order valence-electron chi connectivity index (χ1n) is 11.3. The Balaban J connectivity index is 1.61. The van der Waals surface area contributed by atoms with Gasteiger partial charge in [0.25, 0.3) is 0 Å². The zero-order valence-corrected chi connectivity index (χ0v) is 18.9. The highest BCUT2D eigenvalue weighted by Crippen LogP contribution is 2.37. The second-order valence-corrected chi connectivity index (χ2v) is 8.21. The molecule has 1 aromatic heterocycles. The van der Waals surface area contributed by atoms with Crippen molar-refractivity contribution in [1.82, 2.24) is 9.47 Å². The number of fused-ring (bicyclic) bond motifs is 3. The quantitative estimate of drug-likeness (QED) is 0.406. The van der Waals surface area contributed by atoms with Crippen LogP contribution in [0.25, 0.3) is 5.69 Å². The van der Waals surface area contributed by atoms with Crippen LogP contribution < -0.4 is 10.1 Å². The average molecular weight is 438 g/mol. The van der Waals surface area contributed by atoms with Gasteiger partial charge in [0.05, 0.1) is 24.9 Å². The Hall–Kier alpha value is -3.99. The van der Waals surface area contributed by atoms with Crippen molar-refractivity contribution in [3.63, 3.8) is 0 Å². The van der Waals surface area contributed by atoms with E-state index < -0.39 is 0 Å². The number of aromatic nitrogens is 1. The Bertz CT molecular complexity index is 1280. The van der Waals surface area contributed by atoms with Gasteiger partial charge in [0.2, 0.25) is 0 Å². The van der Waals surface area contributed by atoms with Gasteiger partial charge in [-0.1, -0.05) is 48.5 Å². The lowest BCUT2D eigenvalue weighted by atomic mass is 10.0. The normalized spacial score (nSPS) is 14.7. The Morgan fingerprint density at radius 3 is 2.52 bits per heavy atom. The third-order valence-electron chi connectivity index (χ3n) is 6.12. The van der Waals surface area contributed by atoms with Crippen molar-refractivity contribution in [2.24, 2.45) is 0 Å². The third-order valence-corrected chi connectivity index (χ3v) is 6.12. The number of hydrogen-bond acceptors (Lipinski definition) is 2. The highest BCUT2D eigenvalue weighted by molar-refractivity contribution is 5.91. The molecule has 5 rings (SSSR count). The first-order valence-corrected chi connectivity index (χ1v) is 11.3. The maximum absolute atomic E-state index is 13.7. The summed E-state index contributed by atoms with van der Waals surface area (Å²) in [5.74, 6) is 0.824. The van der Waals surface area contributed by atoms with Crippen molar-refractivity contribution in [2.45, 2.75) is 26.4 Å². The van der Waals surface area contributed by atoms with Gasteiger partial charge in [0, 0.05) is 17.6 Å². The summed E-state index contributed by atoms with van der Waals surface area (Å²) in [6.07, 6.45) is 2.07. The van der Waals surface area contributed by atoms with Gasteiger partial charge in [-0.25, -0.2) is 4.79 Å². The number of carbonyl (C=O) groups excluding carboxylic acids is 1. The zero-order chi connectivity index (χ0) is 22.8. The molecule has 1 atom stereocenters. The average Bonchev–Trinajstić information content (AvgIpc) is 3.26. The number of nitrogens with zero attached hydrogens (tertiary/aromatic N) is 2. The van der Waals surface area contributed by atoms with Crippen LogP contribution in [0.3, 0.4) is 0 Å². The number of amides is 2. The number of nitrogens with one attached hydrogen (secondary N) is 1. The van der Waals surface area contributed by atoms with Crippen LogP contribution >= 0.6 is 0 Å².